The maximum absolute atomic E-state index is 14.8. The molecule has 4 aromatic rings. The zero-order valence-electron chi connectivity index (χ0n) is 16.4. The lowest BCUT2D eigenvalue weighted by Gasteiger charge is -2.35. The van der Waals surface area contributed by atoms with E-state index in [0.29, 0.717) is 23.0 Å². The number of halogens is 3. The molecule has 0 spiro atoms. The Morgan fingerprint density at radius 1 is 1.10 bits per heavy atom. The predicted molar refractivity (Wildman–Crippen MR) is 104 cm³/mol. The van der Waals surface area contributed by atoms with Gasteiger partial charge in [0.25, 0.3) is 0 Å². The number of aliphatic hydroxyl groups is 1. The second-order valence-electron chi connectivity index (χ2n) is 7.22. The van der Waals surface area contributed by atoms with Gasteiger partial charge in [-0.2, -0.15) is 10.2 Å². The van der Waals surface area contributed by atoms with Crippen LogP contribution in [-0.2, 0) is 18.6 Å². The minimum atomic E-state index is -1.86. The molecule has 0 aliphatic heterocycles. The maximum Gasteiger partial charge on any atom is 0.137 e. The number of nitrogens with zero attached hydrogens (tertiary/aromatic N) is 5. The molecule has 0 saturated carbocycles. The average molecular weight is 415 g/mol. The van der Waals surface area contributed by atoms with Crippen molar-refractivity contribution in [1.29, 1.82) is 0 Å². The lowest BCUT2D eigenvalue weighted by Crippen LogP contribution is -2.41. The van der Waals surface area contributed by atoms with Gasteiger partial charge in [-0.05, 0) is 37.6 Å². The lowest BCUT2D eigenvalue weighted by atomic mass is 9.86. The van der Waals surface area contributed by atoms with Crippen LogP contribution in [0.15, 0.2) is 49.1 Å². The van der Waals surface area contributed by atoms with Crippen molar-refractivity contribution in [2.75, 3.05) is 0 Å². The van der Waals surface area contributed by atoms with Crippen molar-refractivity contribution in [2.24, 2.45) is 0 Å². The Balaban J connectivity index is 1.90. The van der Waals surface area contributed by atoms with Crippen LogP contribution in [0.1, 0.15) is 31.1 Å². The third kappa shape index (κ3) is 3.35. The number of hydrogen-bond donors (Lipinski definition) is 1. The van der Waals surface area contributed by atoms with Crippen molar-refractivity contribution in [3.8, 4) is 0 Å². The lowest BCUT2D eigenvalue weighted by molar-refractivity contribution is -0.0355. The van der Waals surface area contributed by atoms with Gasteiger partial charge in [-0.15, -0.1) is 0 Å². The molecule has 0 aliphatic carbocycles. The van der Waals surface area contributed by atoms with Crippen LogP contribution in [0.4, 0.5) is 13.2 Å². The number of hydrogen-bond acceptors (Lipinski definition) is 4. The van der Waals surface area contributed by atoms with E-state index in [0.717, 1.165) is 12.1 Å². The fourth-order valence-electron chi connectivity index (χ4n) is 3.78. The summed E-state index contributed by atoms with van der Waals surface area (Å²) in [6, 6.07) is 6.48. The first kappa shape index (κ1) is 20.1. The molecule has 156 valence electrons. The highest BCUT2D eigenvalue weighted by atomic mass is 19.1. The summed E-state index contributed by atoms with van der Waals surface area (Å²) in [4.78, 5) is 3.87. The van der Waals surface area contributed by atoms with Gasteiger partial charge in [0.2, 0.25) is 0 Å². The zero-order valence-corrected chi connectivity index (χ0v) is 16.4. The molecular weight excluding hydrogens is 395 g/mol. The summed E-state index contributed by atoms with van der Waals surface area (Å²) >= 11 is 0. The third-order valence-electron chi connectivity index (χ3n) is 5.40. The molecule has 30 heavy (non-hydrogen) atoms. The van der Waals surface area contributed by atoms with Crippen molar-refractivity contribution < 1.29 is 18.3 Å². The molecule has 2 heterocycles. The highest BCUT2D eigenvalue weighted by Gasteiger charge is 2.41. The summed E-state index contributed by atoms with van der Waals surface area (Å²) in [6.07, 6.45) is 3.24. The van der Waals surface area contributed by atoms with Gasteiger partial charge < -0.3 is 5.11 Å². The summed E-state index contributed by atoms with van der Waals surface area (Å²) in [7, 11) is 0. The van der Waals surface area contributed by atoms with Crippen molar-refractivity contribution in [2.45, 2.75) is 38.5 Å². The van der Waals surface area contributed by atoms with Crippen LogP contribution in [0.5, 0.6) is 0 Å². The number of fused-ring (bicyclic) bond motifs is 1. The van der Waals surface area contributed by atoms with E-state index in [1.54, 1.807) is 17.7 Å². The fraction of sp³-hybridized carbons (Fsp3) is 0.286. The average Bonchev–Trinajstić information content (AvgIpc) is 3.34. The van der Waals surface area contributed by atoms with E-state index in [1.807, 2.05) is 6.92 Å². The van der Waals surface area contributed by atoms with Crippen LogP contribution >= 0.6 is 0 Å². The predicted octanol–water partition coefficient (Wildman–Crippen LogP) is 3.76. The molecule has 2 aromatic carbocycles. The molecule has 0 fully saturated rings. The molecule has 9 heteroatoms. The normalized spacial score (nSPS) is 14.7. The number of benzene rings is 2. The largest absolute Gasteiger partial charge is 0.381 e. The summed E-state index contributed by atoms with van der Waals surface area (Å²) in [5.74, 6) is -2.03. The Hall–Kier alpha value is -3.20. The molecule has 0 bridgehead atoms. The van der Waals surface area contributed by atoms with Crippen molar-refractivity contribution in [1.82, 2.24) is 24.5 Å². The summed E-state index contributed by atoms with van der Waals surface area (Å²) < 4.78 is 45.0. The zero-order chi connectivity index (χ0) is 21.5. The van der Waals surface area contributed by atoms with Gasteiger partial charge in [0.05, 0.1) is 23.8 Å². The van der Waals surface area contributed by atoms with Gasteiger partial charge in [-0.3, -0.25) is 4.68 Å². The first-order valence-corrected chi connectivity index (χ1v) is 9.50. The topological polar surface area (TPSA) is 68.8 Å². The molecule has 0 radical (unpaired) electrons. The maximum atomic E-state index is 14.8. The Labute approximate surface area is 170 Å². The SMILES string of the molecule is CCc1nn([C@H](C)[C@](O)(Cn2cncn2)c2ccc(F)cc2F)c2ccc(F)cc12. The van der Waals surface area contributed by atoms with E-state index in [-0.39, 0.29) is 12.1 Å². The van der Waals surface area contributed by atoms with E-state index in [1.165, 1.54) is 35.5 Å². The second kappa shape index (κ2) is 7.56. The van der Waals surface area contributed by atoms with Gasteiger partial charge in [0, 0.05) is 17.0 Å². The molecule has 0 aliphatic rings. The number of aromatic nitrogens is 5. The number of aryl methyl sites for hydroxylation is 1. The quantitative estimate of drug-likeness (QED) is 0.521. The highest BCUT2D eigenvalue weighted by molar-refractivity contribution is 5.82. The Morgan fingerprint density at radius 3 is 2.50 bits per heavy atom. The van der Waals surface area contributed by atoms with Crippen LogP contribution in [-0.4, -0.2) is 29.7 Å². The fourth-order valence-corrected chi connectivity index (χ4v) is 3.78. The molecule has 2 aromatic heterocycles. The summed E-state index contributed by atoms with van der Waals surface area (Å²) in [5, 5.41) is 21.0. The molecule has 2 atom stereocenters. The Kier molecular flexibility index (Phi) is 5.07. The molecule has 1 N–H and O–H groups in total. The van der Waals surface area contributed by atoms with E-state index in [9.17, 15) is 18.3 Å². The number of rotatable bonds is 6. The van der Waals surface area contributed by atoms with Gasteiger partial charge in [0.15, 0.2) is 0 Å². The van der Waals surface area contributed by atoms with Crippen LogP contribution in [0.2, 0.25) is 0 Å². The smallest absolute Gasteiger partial charge is 0.137 e. The minimum Gasteiger partial charge on any atom is -0.381 e. The molecule has 0 amide bonds. The van der Waals surface area contributed by atoms with Crippen molar-refractivity contribution in [3.05, 3.63) is 77.8 Å². The van der Waals surface area contributed by atoms with E-state index in [4.69, 9.17) is 0 Å². The van der Waals surface area contributed by atoms with Gasteiger partial charge >= 0.3 is 0 Å². The first-order chi connectivity index (χ1) is 14.3. The summed E-state index contributed by atoms with van der Waals surface area (Å²) in [5.41, 5.74) is -0.709. The Morgan fingerprint density at radius 2 is 1.83 bits per heavy atom. The van der Waals surface area contributed by atoms with Crippen LogP contribution < -0.4 is 0 Å². The Bertz CT molecular complexity index is 1190. The molecule has 0 unspecified atom stereocenters. The van der Waals surface area contributed by atoms with Crippen LogP contribution in [0.3, 0.4) is 0 Å². The highest BCUT2D eigenvalue weighted by Crippen LogP contribution is 2.38. The second-order valence-corrected chi connectivity index (χ2v) is 7.22. The van der Waals surface area contributed by atoms with E-state index < -0.39 is 29.1 Å². The molecular formula is C21H20F3N5O. The van der Waals surface area contributed by atoms with Gasteiger partial charge in [-0.1, -0.05) is 13.0 Å². The van der Waals surface area contributed by atoms with E-state index in [2.05, 4.69) is 15.2 Å². The van der Waals surface area contributed by atoms with Crippen molar-refractivity contribution >= 4 is 10.9 Å². The monoisotopic (exact) mass is 415 g/mol. The molecule has 6 nitrogen and oxygen atoms in total. The third-order valence-corrected chi connectivity index (χ3v) is 5.40. The van der Waals surface area contributed by atoms with Gasteiger partial charge in [-0.25, -0.2) is 22.8 Å². The first-order valence-electron chi connectivity index (χ1n) is 9.50. The van der Waals surface area contributed by atoms with Crippen LogP contribution in [0.25, 0.3) is 10.9 Å². The molecule has 4 rings (SSSR count). The van der Waals surface area contributed by atoms with E-state index >= 15 is 0 Å². The van der Waals surface area contributed by atoms with Gasteiger partial charge in [0.1, 0.15) is 35.7 Å². The minimum absolute atomic E-state index is 0.101. The summed E-state index contributed by atoms with van der Waals surface area (Å²) in [6.45, 7) is 3.42. The van der Waals surface area contributed by atoms with Crippen molar-refractivity contribution in [3.63, 3.8) is 0 Å². The standard InChI is InChI=1S/C21H20F3N5O/c1-3-19-16-8-14(22)5-7-20(16)29(27-19)13(2)21(30,10-28-12-25-11-26-28)17-6-4-15(23)9-18(17)24/h4-9,11-13,30H,3,10H2,1-2H3/t13-,21-/m1/s1. The van der Waals surface area contributed by atoms with Crippen LogP contribution in [0, 0.1) is 17.5 Å². The molecule has 0 saturated heterocycles.